The van der Waals surface area contributed by atoms with Gasteiger partial charge < -0.3 is 9.26 Å². The number of alkyl halides is 3. The van der Waals surface area contributed by atoms with Crippen molar-refractivity contribution in [2.75, 3.05) is 7.11 Å². The lowest BCUT2D eigenvalue weighted by molar-refractivity contribution is -0.142. The molecule has 0 aliphatic rings. The van der Waals surface area contributed by atoms with E-state index in [4.69, 9.17) is 20.9 Å². The molecule has 3 heterocycles. The highest BCUT2D eigenvalue weighted by Crippen LogP contribution is 2.43. The van der Waals surface area contributed by atoms with Crippen LogP contribution in [0.1, 0.15) is 16.1 Å². The van der Waals surface area contributed by atoms with Gasteiger partial charge in [-0.3, -0.25) is 4.98 Å². The molecular formula is C20H11ClF4N4O3. The number of carbonyl (C=O) groups excluding carboxylic acids is 1. The maximum Gasteiger partial charge on any atom is 0.434 e. The number of benzene rings is 1. The van der Waals surface area contributed by atoms with Crippen LogP contribution in [0.5, 0.6) is 0 Å². The Morgan fingerprint density at radius 1 is 1.19 bits per heavy atom. The average molecular weight is 467 g/mol. The molecule has 7 nitrogen and oxygen atoms in total. The minimum atomic E-state index is -4.91. The smallest absolute Gasteiger partial charge is 0.434 e. The zero-order valence-electron chi connectivity index (χ0n) is 16.0. The van der Waals surface area contributed by atoms with Crippen molar-refractivity contribution in [3.63, 3.8) is 0 Å². The highest BCUT2D eigenvalue weighted by Gasteiger charge is 2.42. The number of pyridine rings is 1. The fourth-order valence-corrected chi connectivity index (χ4v) is 3.38. The van der Waals surface area contributed by atoms with Gasteiger partial charge in [0.15, 0.2) is 11.5 Å². The summed E-state index contributed by atoms with van der Waals surface area (Å²) in [7, 11) is 1.01. The van der Waals surface area contributed by atoms with Crippen LogP contribution in [0.15, 0.2) is 53.4 Å². The number of aromatic nitrogens is 4. The molecule has 0 bridgehead atoms. The second-order valence-electron chi connectivity index (χ2n) is 6.35. The zero-order chi connectivity index (χ0) is 23.0. The van der Waals surface area contributed by atoms with E-state index >= 15 is 0 Å². The van der Waals surface area contributed by atoms with Gasteiger partial charge in [0.1, 0.15) is 17.1 Å². The molecule has 0 atom stereocenters. The SMILES string of the molecule is COC(=O)c1c(-c2c(F)cccc2Cl)noc1-c1cnn(-c2ccncc2)c1C(F)(F)F. The van der Waals surface area contributed by atoms with Crippen LogP contribution in [-0.2, 0) is 10.9 Å². The van der Waals surface area contributed by atoms with E-state index in [0.717, 1.165) is 19.4 Å². The first kappa shape index (κ1) is 21.5. The second-order valence-corrected chi connectivity index (χ2v) is 6.75. The first-order valence-corrected chi connectivity index (χ1v) is 9.20. The highest BCUT2D eigenvalue weighted by atomic mass is 35.5. The Morgan fingerprint density at radius 3 is 2.53 bits per heavy atom. The van der Waals surface area contributed by atoms with Gasteiger partial charge in [-0.25, -0.2) is 13.9 Å². The number of methoxy groups -OCH3 is 1. The van der Waals surface area contributed by atoms with Crippen molar-refractivity contribution in [3.8, 4) is 28.3 Å². The summed E-state index contributed by atoms with van der Waals surface area (Å²) in [6.45, 7) is 0. The van der Waals surface area contributed by atoms with Gasteiger partial charge in [0.2, 0.25) is 0 Å². The van der Waals surface area contributed by atoms with Gasteiger partial charge in [0, 0.05) is 12.4 Å². The van der Waals surface area contributed by atoms with Gasteiger partial charge in [-0.05, 0) is 24.3 Å². The molecule has 0 N–H and O–H groups in total. The van der Waals surface area contributed by atoms with Gasteiger partial charge in [-0.15, -0.1) is 0 Å². The second kappa shape index (κ2) is 8.08. The first-order chi connectivity index (χ1) is 15.2. The van der Waals surface area contributed by atoms with Crippen LogP contribution >= 0.6 is 11.6 Å². The number of hydrogen-bond donors (Lipinski definition) is 0. The van der Waals surface area contributed by atoms with E-state index in [1.165, 1.54) is 36.7 Å². The number of nitrogens with zero attached hydrogens (tertiary/aromatic N) is 4. The Hall–Kier alpha value is -3.73. The van der Waals surface area contributed by atoms with Crippen molar-refractivity contribution in [2.24, 2.45) is 0 Å². The molecule has 164 valence electrons. The molecular weight excluding hydrogens is 456 g/mol. The fraction of sp³-hybridized carbons (Fsp3) is 0.100. The van der Waals surface area contributed by atoms with Crippen LogP contribution in [0.3, 0.4) is 0 Å². The van der Waals surface area contributed by atoms with Crippen molar-refractivity contribution in [1.82, 2.24) is 19.9 Å². The monoisotopic (exact) mass is 466 g/mol. The standard InChI is InChI=1S/C20H11ClF4N4O3/c1-31-19(30)15-16(14-12(21)3-2-4-13(14)22)28-32-17(15)11-9-27-29(18(11)20(23,24)25)10-5-7-26-8-6-10/h2-9H,1H3. The summed E-state index contributed by atoms with van der Waals surface area (Å²) in [5, 5.41) is 7.32. The normalized spacial score (nSPS) is 11.6. The molecule has 0 radical (unpaired) electrons. The number of esters is 1. The van der Waals surface area contributed by atoms with Gasteiger partial charge in [0.05, 0.1) is 35.1 Å². The molecule has 0 saturated heterocycles. The van der Waals surface area contributed by atoms with Gasteiger partial charge in [-0.2, -0.15) is 18.3 Å². The molecule has 12 heteroatoms. The topological polar surface area (TPSA) is 83.0 Å². The summed E-state index contributed by atoms with van der Waals surface area (Å²) in [6, 6.07) is 6.34. The Morgan fingerprint density at radius 2 is 1.91 bits per heavy atom. The lowest BCUT2D eigenvalue weighted by atomic mass is 10.0. The van der Waals surface area contributed by atoms with Crippen molar-refractivity contribution in [1.29, 1.82) is 0 Å². The average Bonchev–Trinajstić information content (AvgIpc) is 3.38. The minimum Gasteiger partial charge on any atom is -0.465 e. The van der Waals surface area contributed by atoms with E-state index in [2.05, 4.69) is 15.2 Å². The molecule has 4 aromatic rings. The van der Waals surface area contributed by atoms with Crippen molar-refractivity contribution < 1.29 is 31.6 Å². The predicted molar refractivity (Wildman–Crippen MR) is 104 cm³/mol. The Balaban J connectivity index is 2.01. The lowest BCUT2D eigenvalue weighted by Crippen LogP contribution is -2.15. The quantitative estimate of drug-likeness (QED) is 0.304. The van der Waals surface area contributed by atoms with Crippen molar-refractivity contribution >= 4 is 17.6 Å². The highest BCUT2D eigenvalue weighted by molar-refractivity contribution is 6.33. The van der Waals surface area contributed by atoms with Gasteiger partial charge in [0.25, 0.3) is 0 Å². The van der Waals surface area contributed by atoms with E-state index in [0.29, 0.717) is 4.68 Å². The van der Waals surface area contributed by atoms with Crippen LogP contribution in [0.2, 0.25) is 5.02 Å². The third-order valence-electron chi connectivity index (χ3n) is 4.47. The van der Waals surface area contributed by atoms with Crippen LogP contribution < -0.4 is 0 Å². The summed E-state index contributed by atoms with van der Waals surface area (Å²) >= 11 is 6.05. The Kier molecular flexibility index (Phi) is 5.43. The third kappa shape index (κ3) is 3.60. The van der Waals surface area contributed by atoms with Gasteiger partial charge in [-0.1, -0.05) is 22.8 Å². The summed E-state index contributed by atoms with van der Waals surface area (Å²) in [6.07, 6.45) is -1.46. The molecule has 0 saturated carbocycles. The Labute approximate surface area is 182 Å². The summed E-state index contributed by atoms with van der Waals surface area (Å²) in [5.74, 6) is -2.55. The molecule has 0 aliphatic carbocycles. The van der Waals surface area contributed by atoms with Crippen LogP contribution in [0, 0.1) is 5.82 Å². The molecule has 1 aromatic carbocycles. The Bertz CT molecular complexity index is 1280. The maximum absolute atomic E-state index is 14.5. The first-order valence-electron chi connectivity index (χ1n) is 8.82. The molecule has 3 aromatic heterocycles. The van der Waals surface area contributed by atoms with Gasteiger partial charge >= 0.3 is 12.1 Å². The minimum absolute atomic E-state index is 0.0649. The van der Waals surface area contributed by atoms with Crippen molar-refractivity contribution in [3.05, 3.63) is 71.0 Å². The molecule has 0 aliphatic heterocycles. The van der Waals surface area contributed by atoms with E-state index in [1.54, 1.807) is 0 Å². The predicted octanol–water partition coefficient (Wildman–Crippen LogP) is 5.19. The number of rotatable bonds is 4. The van der Waals surface area contributed by atoms with E-state index in [1.807, 2.05) is 0 Å². The summed E-state index contributed by atoms with van der Waals surface area (Å²) in [5.41, 5.74) is -3.02. The molecule has 0 fully saturated rings. The molecule has 32 heavy (non-hydrogen) atoms. The summed E-state index contributed by atoms with van der Waals surface area (Å²) < 4.78 is 67.0. The van der Waals surface area contributed by atoms with Crippen molar-refractivity contribution in [2.45, 2.75) is 6.18 Å². The zero-order valence-corrected chi connectivity index (χ0v) is 16.8. The van der Waals surface area contributed by atoms with Crippen LogP contribution in [0.4, 0.5) is 17.6 Å². The fourth-order valence-electron chi connectivity index (χ4n) is 3.13. The molecule has 0 spiro atoms. The number of halogens is 5. The van der Waals surface area contributed by atoms with E-state index in [9.17, 15) is 22.4 Å². The van der Waals surface area contributed by atoms with E-state index < -0.39 is 46.2 Å². The van der Waals surface area contributed by atoms with Crippen LogP contribution in [0.25, 0.3) is 28.3 Å². The van der Waals surface area contributed by atoms with Crippen LogP contribution in [-0.4, -0.2) is 33.0 Å². The number of hydrogen-bond acceptors (Lipinski definition) is 6. The number of ether oxygens (including phenoxy) is 1. The molecule has 0 unspecified atom stereocenters. The number of carbonyl (C=O) groups is 1. The third-order valence-corrected chi connectivity index (χ3v) is 4.79. The maximum atomic E-state index is 14.5. The summed E-state index contributed by atoms with van der Waals surface area (Å²) in [4.78, 5) is 16.3. The molecule has 4 rings (SSSR count). The van der Waals surface area contributed by atoms with E-state index in [-0.39, 0.29) is 16.3 Å². The molecule has 0 amide bonds. The lowest BCUT2D eigenvalue weighted by Gasteiger charge is -2.12. The largest absolute Gasteiger partial charge is 0.465 e.